The third-order valence-corrected chi connectivity index (χ3v) is 3.09. The lowest BCUT2D eigenvalue weighted by molar-refractivity contribution is 0.0489. The van der Waals surface area contributed by atoms with Crippen molar-refractivity contribution in [1.82, 2.24) is 4.98 Å². The Morgan fingerprint density at radius 3 is 2.55 bits per heavy atom. The predicted molar refractivity (Wildman–Crippen MR) is 82.9 cm³/mol. The molecule has 0 radical (unpaired) electrons. The number of aromatic nitrogens is 1. The standard InChI is InChI=1S/C17H17NO4/c1-4-10-22-17(20)15-12-8-6-7-9-13(12)18-11(3)14(15)16(19)21-5-2/h4,6-9H,1,5,10H2,2-3H3. The van der Waals surface area contributed by atoms with Crippen LogP contribution in [0, 0.1) is 6.92 Å². The van der Waals surface area contributed by atoms with Gasteiger partial charge in [0.25, 0.3) is 0 Å². The van der Waals surface area contributed by atoms with Gasteiger partial charge in [0.15, 0.2) is 0 Å². The molecule has 0 saturated carbocycles. The number of nitrogens with zero attached hydrogens (tertiary/aromatic N) is 1. The molecule has 0 aliphatic rings. The molecule has 0 atom stereocenters. The van der Waals surface area contributed by atoms with E-state index in [0.717, 1.165) is 0 Å². The lowest BCUT2D eigenvalue weighted by Gasteiger charge is -2.13. The maximum atomic E-state index is 12.4. The Kier molecular flexibility index (Phi) is 4.88. The molecule has 114 valence electrons. The van der Waals surface area contributed by atoms with E-state index in [2.05, 4.69) is 11.6 Å². The monoisotopic (exact) mass is 299 g/mol. The molecule has 1 aromatic carbocycles. The number of esters is 2. The topological polar surface area (TPSA) is 65.5 Å². The molecular formula is C17H17NO4. The molecule has 0 bridgehead atoms. The van der Waals surface area contributed by atoms with Gasteiger partial charge in [-0.05, 0) is 19.9 Å². The zero-order valence-corrected chi connectivity index (χ0v) is 12.6. The molecule has 0 aliphatic heterocycles. The number of aryl methyl sites for hydroxylation is 1. The summed E-state index contributed by atoms with van der Waals surface area (Å²) in [5.74, 6) is -1.17. The minimum atomic E-state index is -0.593. The first-order chi connectivity index (χ1) is 10.6. The van der Waals surface area contributed by atoms with E-state index in [9.17, 15) is 9.59 Å². The van der Waals surface area contributed by atoms with Gasteiger partial charge in [0, 0.05) is 5.39 Å². The van der Waals surface area contributed by atoms with E-state index < -0.39 is 11.9 Å². The molecule has 0 aliphatic carbocycles. The van der Waals surface area contributed by atoms with Crippen LogP contribution in [-0.2, 0) is 9.47 Å². The summed E-state index contributed by atoms with van der Waals surface area (Å²) in [5, 5.41) is 0.560. The van der Waals surface area contributed by atoms with Crippen molar-refractivity contribution in [2.75, 3.05) is 13.2 Å². The zero-order chi connectivity index (χ0) is 16.1. The van der Waals surface area contributed by atoms with Gasteiger partial charge in [-0.3, -0.25) is 4.98 Å². The molecule has 1 aromatic heterocycles. The number of hydrogen-bond donors (Lipinski definition) is 0. The van der Waals surface area contributed by atoms with Crippen LogP contribution < -0.4 is 0 Å². The first-order valence-electron chi connectivity index (χ1n) is 6.94. The number of rotatable bonds is 5. The average Bonchev–Trinajstić information content (AvgIpc) is 2.51. The fourth-order valence-electron chi connectivity index (χ4n) is 2.21. The van der Waals surface area contributed by atoms with Crippen molar-refractivity contribution >= 4 is 22.8 Å². The van der Waals surface area contributed by atoms with Crippen molar-refractivity contribution in [1.29, 1.82) is 0 Å². The first kappa shape index (κ1) is 15.7. The van der Waals surface area contributed by atoms with Crippen LogP contribution in [0.3, 0.4) is 0 Å². The molecule has 22 heavy (non-hydrogen) atoms. The van der Waals surface area contributed by atoms with Gasteiger partial charge in [0.2, 0.25) is 0 Å². The van der Waals surface area contributed by atoms with E-state index in [1.165, 1.54) is 6.08 Å². The van der Waals surface area contributed by atoms with Crippen molar-refractivity contribution < 1.29 is 19.1 Å². The van der Waals surface area contributed by atoms with Crippen LogP contribution in [0.25, 0.3) is 10.9 Å². The van der Waals surface area contributed by atoms with Gasteiger partial charge in [-0.15, -0.1) is 0 Å². The molecule has 0 N–H and O–H groups in total. The van der Waals surface area contributed by atoms with E-state index >= 15 is 0 Å². The molecule has 0 spiro atoms. The van der Waals surface area contributed by atoms with Gasteiger partial charge in [-0.1, -0.05) is 30.9 Å². The van der Waals surface area contributed by atoms with Gasteiger partial charge in [-0.25, -0.2) is 9.59 Å². The van der Waals surface area contributed by atoms with Crippen LogP contribution in [0.2, 0.25) is 0 Å². The molecule has 2 rings (SSSR count). The maximum absolute atomic E-state index is 12.4. The smallest absolute Gasteiger partial charge is 0.340 e. The average molecular weight is 299 g/mol. The highest BCUT2D eigenvalue weighted by Gasteiger charge is 2.25. The highest BCUT2D eigenvalue weighted by Crippen LogP contribution is 2.25. The zero-order valence-electron chi connectivity index (χ0n) is 12.6. The summed E-state index contributed by atoms with van der Waals surface area (Å²) in [7, 11) is 0. The van der Waals surface area contributed by atoms with Gasteiger partial charge in [-0.2, -0.15) is 0 Å². The van der Waals surface area contributed by atoms with Gasteiger partial charge >= 0.3 is 11.9 Å². The van der Waals surface area contributed by atoms with Gasteiger partial charge < -0.3 is 9.47 Å². The lowest BCUT2D eigenvalue weighted by atomic mass is 10.0. The van der Waals surface area contributed by atoms with Gasteiger partial charge in [0.1, 0.15) is 6.61 Å². The van der Waals surface area contributed by atoms with Crippen molar-refractivity contribution in [2.45, 2.75) is 13.8 Å². The molecule has 0 amide bonds. The summed E-state index contributed by atoms with van der Waals surface area (Å²) >= 11 is 0. The number of carbonyl (C=O) groups is 2. The fraction of sp³-hybridized carbons (Fsp3) is 0.235. The Morgan fingerprint density at radius 1 is 1.18 bits per heavy atom. The van der Waals surface area contributed by atoms with E-state index in [4.69, 9.17) is 9.47 Å². The SMILES string of the molecule is C=CCOC(=O)c1c(C(=O)OCC)c(C)nc2ccccc12. The van der Waals surface area contributed by atoms with Crippen LogP contribution in [0.15, 0.2) is 36.9 Å². The summed E-state index contributed by atoms with van der Waals surface area (Å²) < 4.78 is 10.2. The quantitative estimate of drug-likeness (QED) is 0.627. The number of pyridine rings is 1. The second kappa shape index (κ2) is 6.85. The summed E-state index contributed by atoms with van der Waals surface area (Å²) in [6.45, 7) is 7.17. The Labute approximate surface area is 128 Å². The van der Waals surface area contributed by atoms with Crippen molar-refractivity contribution in [3.63, 3.8) is 0 Å². The summed E-state index contributed by atoms with van der Waals surface area (Å²) in [6, 6.07) is 7.10. The Bertz CT molecular complexity index is 737. The third kappa shape index (κ3) is 2.98. The number of benzene rings is 1. The van der Waals surface area contributed by atoms with Crippen molar-refractivity contribution in [3.05, 3.63) is 53.7 Å². The third-order valence-electron chi connectivity index (χ3n) is 3.09. The summed E-state index contributed by atoms with van der Waals surface area (Å²) in [6.07, 6.45) is 1.47. The van der Waals surface area contributed by atoms with E-state index in [1.54, 1.807) is 32.0 Å². The lowest BCUT2D eigenvalue weighted by Crippen LogP contribution is -2.17. The number of carbonyl (C=O) groups excluding carboxylic acids is 2. The Morgan fingerprint density at radius 2 is 1.86 bits per heavy atom. The molecule has 0 fully saturated rings. The summed E-state index contributed by atoms with van der Waals surface area (Å²) in [5.41, 5.74) is 1.39. The van der Waals surface area contributed by atoms with Crippen molar-refractivity contribution in [2.24, 2.45) is 0 Å². The molecule has 0 unspecified atom stereocenters. The molecule has 5 nitrogen and oxygen atoms in total. The Balaban J connectivity index is 2.70. The van der Waals surface area contributed by atoms with Crippen molar-refractivity contribution in [3.8, 4) is 0 Å². The van der Waals surface area contributed by atoms with Crippen LogP contribution in [0.1, 0.15) is 33.3 Å². The molecule has 2 aromatic rings. The van der Waals surface area contributed by atoms with E-state index in [1.807, 2.05) is 6.07 Å². The molecular weight excluding hydrogens is 282 g/mol. The highest BCUT2D eigenvalue weighted by atomic mass is 16.5. The first-order valence-corrected chi connectivity index (χ1v) is 6.94. The molecule has 5 heteroatoms. The van der Waals surface area contributed by atoms with Crippen LogP contribution in [0.4, 0.5) is 0 Å². The van der Waals surface area contributed by atoms with Gasteiger partial charge in [0.05, 0.1) is 28.9 Å². The minimum absolute atomic E-state index is 0.0663. The van der Waals surface area contributed by atoms with E-state index in [-0.39, 0.29) is 24.3 Å². The minimum Gasteiger partial charge on any atom is -0.462 e. The largest absolute Gasteiger partial charge is 0.462 e. The molecule has 1 heterocycles. The highest BCUT2D eigenvalue weighted by molar-refractivity contribution is 6.12. The normalized spacial score (nSPS) is 10.3. The Hall–Kier alpha value is -2.69. The van der Waals surface area contributed by atoms with Crippen LogP contribution in [0.5, 0.6) is 0 Å². The van der Waals surface area contributed by atoms with Crippen LogP contribution in [-0.4, -0.2) is 30.1 Å². The van der Waals surface area contributed by atoms with E-state index in [0.29, 0.717) is 16.6 Å². The maximum Gasteiger partial charge on any atom is 0.340 e. The number of ether oxygens (including phenoxy) is 2. The molecule has 0 saturated heterocycles. The second-order valence-corrected chi connectivity index (χ2v) is 4.57. The fourth-order valence-corrected chi connectivity index (χ4v) is 2.21. The summed E-state index contributed by atoms with van der Waals surface area (Å²) in [4.78, 5) is 29.0. The number of para-hydroxylation sites is 1. The number of hydrogen-bond acceptors (Lipinski definition) is 5. The second-order valence-electron chi connectivity index (χ2n) is 4.57. The van der Waals surface area contributed by atoms with Crippen LogP contribution >= 0.6 is 0 Å². The predicted octanol–water partition coefficient (Wildman–Crippen LogP) is 3.06. The number of fused-ring (bicyclic) bond motifs is 1.